The fraction of sp³-hybridized carbons (Fsp3) is 0.412. The highest BCUT2D eigenvalue weighted by molar-refractivity contribution is 5.95. The molecule has 0 unspecified atom stereocenters. The molecule has 3 rings (SSSR count). The van der Waals surface area contributed by atoms with Crippen molar-refractivity contribution in [2.75, 3.05) is 13.1 Å². The van der Waals surface area contributed by atoms with E-state index < -0.39 is 11.9 Å². The molecule has 1 aromatic carbocycles. The average Bonchev–Trinajstić information content (AvgIpc) is 3.08. The number of aryl methyl sites for hydroxylation is 2. The largest absolute Gasteiger partial charge is 0.391 e. The van der Waals surface area contributed by atoms with Crippen LogP contribution in [0.2, 0.25) is 0 Å². The number of β-amino-alcohol motifs (C(OH)–C–C–N with tert-alkyl or cyclic N) is 1. The van der Waals surface area contributed by atoms with Crippen molar-refractivity contribution in [1.29, 1.82) is 0 Å². The van der Waals surface area contributed by atoms with E-state index in [1.165, 1.54) is 11.0 Å². The number of aliphatic hydroxyl groups is 1. The summed E-state index contributed by atoms with van der Waals surface area (Å²) >= 11 is 0. The molecule has 2 aromatic rings. The molecule has 2 heterocycles. The van der Waals surface area contributed by atoms with Gasteiger partial charge in [0.2, 0.25) is 0 Å². The number of rotatable bonds is 3. The molecule has 5 nitrogen and oxygen atoms in total. The predicted octanol–water partition coefficient (Wildman–Crippen LogP) is 1.84. The summed E-state index contributed by atoms with van der Waals surface area (Å²) in [6, 6.07) is 6.72. The lowest BCUT2D eigenvalue weighted by Gasteiger charge is -2.17. The third-order valence-electron chi connectivity index (χ3n) is 4.35. The molecule has 23 heavy (non-hydrogen) atoms. The van der Waals surface area contributed by atoms with Crippen LogP contribution in [0.1, 0.15) is 27.3 Å². The Labute approximate surface area is 134 Å². The number of amides is 1. The van der Waals surface area contributed by atoms with Crippen molar-refractivity contribution in [3.63, 3.8) is 0 Å². The van der Waals surface area contributed by atoms with Crippen molar-refractivity contribution in [3.05, 3.63) is 52.6 Å². The number of halogens is 1. The fourth-order valence-corrected chi connectivity index (χ4v) is 3.05. The van der Waals surface area contributed by atoms with Crippen LogP contribution < -0.4 is 0 Å². The number of aromatic amines is 1. The van der Waals surface area contributed by atoms with Gasteiger partial charge in [0, 0.05) is 24.7 Å². The molecule has 2 atom stereocenters. The maximum absolute atomic E-state index is 14.1. The Kier molecular flexibility index (Phi) is 4.17. The van der Waals surface area contributed by atoms with Crippen LogP contribution in [0, 0.1) is 25.6 Å². The number of aromatic nitrogens is 2. The maximum Gasteiger partial charge on any atom is 0.256 e. The lowest BCUT2D eigenvalue weighted by atomic mass is 10.00. The van der Waals surface area contributed by atoms with Gasteiger partial charge >= 0.3 is 0 Å². The van der Waals surface area contributed by atoms with Crippen LogP contribution in [0.25, 0.3) is 0 Å². The second-order valence-corrected chi connectivity index (χ2v) is 6.22. The molecule has 0 saturated carbocycles. The lowest BCUT2D eigenvalue weighted by molar-refractivity contribution is 0.0760. The zero-order valence-corrected chi connectivity index (χ0v) is 13.2. The molecule has 1 fully saturated rings. The summed E-state index contributed by atoms with van der Waals surface area (Å²) in [5.74, 6) is -0.946. The molecule has 1 aliphatic rings. The number of carbonyl (C=O) groups is 1. The number of nitrogens with zero attached hydrogens (tertiary/aromatic N) is 2. The van der Waals surface area contributed by atoms with Crippen LogP contribution in [0.3, 0.4) is 0 Å². The first-order valence-corrected chi connectivity index (χ1v) is 7.69. The number of nitrogens with one attached hydrogen (secondary N) is 1. The molecule has 0 radical (unpaired) electrons. The van der Waals surface area contributed by atoms with E-state index in [0.29, 0.717) is 18.5 Å². The summed E-state index contributed by atoms with van der Waals surface area (Å²) in [5, 5.41) is 17.3. The monoisotopic (exact) mass is 317 g/mol. The Morgan fingerprint density at radius 3 is 2.91 bits per heavy atom. The SMILES string of the molecule is Cc1cc(C[C@@H]2CN(C(=O)c3cccc(C)c3F)C[C@H]2O)n[nH]1. The van der Waals surface area contributed by atoms with E-state index in [-0.39, 0.29) is 23.9 Å². The summed E-state index contributed by atoms with van der Waals surface area (Å²) in [6.07, 6.45) is -0.0326. The summed E-state index contributed by atoms with van der Waals surface area (Å²) < 4.78 is 14.1. The van der Waals surface area contributed by atoms with E-state index in [2.05, 4.69) is 10.2 Å². The van der Waals surface area contributed by atoms with Crippen molar-refractivity contribution in [1.82, 2.24) is 15.1 Å². The van der Waals surface area contributed by atoms with E-state index in [1.807, 2.05) is 13.0 Å². The molecule has 1 aliphatic heterocycles. The molecule has 0 aliphatic carbocycles. The predicted molar refractivity (Wildman–Crippen MR) is 83.6 cm³/mol. The molecule has 6 heteroatoms. The molecular weight excluding hydrogens is 297 g/mol. The average molecular weight is 317 g/mol. The highest BCUT2D eigenvalue weighted by atomic mass is 19.1. The van der Waals surface area contributed by atoms with Crippen molar-refractivity contribution in [2.24, 2.45) is 5.92 Å². The van der Waals surface area contributed by atoms with Crippen molar-refractivity contribution >= 4 is 5.91 Å². The van der Waals surface area contributed by atoms with Gasteiger partial charge in [0.15, 0.2) is 0 Å². The van der Waals surface area contributed by atoms with E-state index in [1.54, 1.807) is 19.1 Å². The van der Waals surface area contributed by atoms with E-state index in [0.717, 1.165) is 11.4 Å². The molecule has 0 bridgehead atoms. The van der Waals surface area contributed by atoms with Crippen LogP contribution in [0.15, 0.2) is 24.3 Å². The Morgan fingerprint density at radius 2 is 2.22 bits per heavy atom. The number of likely N-dealkylation sites (tertiary alicyclic amines) is 1. The maximum atomic E-state index is 14.1. The third kappa shape index (κ3) is 3.12. The van der Waals surface area contributed by atoms with Crippen LogP contribution in [0.5, 0.6) is 0 Å². The standard InChI is InChI=1S/C17H20FN3O2/c1-10-4-3-5-14(16(10)18)17(23)21-8-12(15(22)9-21)7-13-6-11(2)19-20-13/h3-6,12,15,22H,7-9H2,1-2H3,(H,19,20)/t12-,15-/m1/s1. The van der Waals surface area contributed by atoms with Crippen LogP contribution in [-0.4, -0.2) is 45.3 Å². The smallest absolute Gasteiger partial charge is 0.256 e. The number of H-pyrrole nitrogens is 1. The minimum Gasteiger partial charge on any atom is -0.391 e. The quantitative estimate of drug-likeness (QED) is 0.907. The van der Waals surface area contributed by atoms with Gasteiger partial charge in [-0.2, -0.15) is 5.10 Å². The van der Waals surface area contributed by atoms with E-state index in [9.17, 15) is 14.3 Å². The van der Waals surface area contributed by atoms with E-state index >= 15 is 0 Å². The molecule has 1 amide bonds. The number of hydrogen-bond acceptors (Lipinski definition) is 3. The second kappa shape index (κ2) is 6.12. The van der Waals surface area contributed by atoms with Gasteiger partial charge in [0.25, 0.3) is 5.91 Å². The Balaban J connectivity index is 1.72. The fourth-order valence-electron chi connectivity index (χ4n) is 3.05. The molecule has 1 aromatic heterocycles. The second-order valence-electron chi connectivity index (χ2n) is 6.22. The van der Waals surface area contributed by atoms with Gasteiger partial charge in [-0.1, -0.05) is 12.1 Å². The Morgan fingerprint density at radius 1 is 1.43 bits per heavy atom. The highest BCUT2D eigenvalue weighted by Crippen LogP contribution is 2.24. The summed E-state index contributed by atoms with van der Waals surface area (Å²) in [7, 11) is 0. The zero-order valence-electron chi connectivity index (χ0n) is 13.2. The van der Waals surface area contributed by atoms with Crippen molar-refractivity contribution < 1.29 is 14.3 Å². The van der Waals surface area contributed by atoms with Gasteiger partial charge in [-0.05, 0) is 38.0 Å². The van der Waals surface area contributed by atoms with Crippen LogP contribution in [-0.2, 0) is 6.42 Å². The molecule has 122 valence electrons. The summed E-state index contributed by atoms with van der Waals surface area (Å²) in [5.41, 5.74) is 2.33. The van der Waals surface area contributed by atoms with E-state index in [4.69, 9.17) is 0 Å². The van der Waals surface area contributed by atoms with Gasteiger partial charge < -0.3 is 10.0 Å². The Bertz CT molecular complexity index is 728. The molecule has 1 saturated heterocycles. The number of hydrogen-bond donors (Lipinski definition) is 2. The molecule has 0 spiro atoms. The van der Waals surface area contributed by atoms with Gasteiger partial charge in [0.1, 0.15) is 5.82 Å². The van der Waals surface area contributed by atoms with Crippen molar-refractivity contribution in [3.8, 4) is 0 Å². The summed E-state index contributed by atoms with van der Waals surface area (Å²) in [6.45, 7) is 4.17. The van der Waals surface area contributed by atoms with Gasteiger partial charge in [-0.3, -0.25) is 9.89 Å². The van der Waals surface area contributed by atoms with Crippen LogP contribution in [0.4, 0.5) is 4.39 Å². The topological polar surface area (TPSA) is 69.2 Å². The normalized spacial score (nSPS) is 21.0. The lowest BCUT2D eigenvalue weighted by Crippen LogP contribution is -2.30. The van der Waals surface area contributed by atoms with Crippen LogP contribution >= 0.6 is 0 Å². The number of benzene rings is 1. The number of carbonyl (C=O) groups excluding carboxylic acids is 1. The first-order chi connectivity index (χ1) is 11.0. The van der Waals surface area contributed by atoms with Crippen molar-refractivity contribution in [2.45, 2.75) is 26.4 Å². The molecule has 2 N–H and O–H groups in total. The summed E-state index contributed by atoms with van der Waals surface area (Å²) in [4.78, 5) is 14.0. The Hall–Kier alpha value is -2.21. The number of aliphatic hydroxyl groups excluding tert-OH is 1. The van der Waals surface area contributed by atoms with Gasteiger partial charge in [0.05, 0.1) is 17.4 Å². The van der Waals surface area contributed by atoms with Gasteiger partial charge in [-0.25, -0.2) is 4.39 Å². The highest BCUT2D eigenvalue weighted by Gasteiger charge is 2.35. The molecular formula is C17H20FN3O2. The first-order valence-electron chi connectivity index (χ1n) is 7.69. The minimum absolute atomic E-state index is 0.0634. The minimum atomic E-state index is -0.621. The van der Waals surface area contributed by atoms with Gasteiger partial charge in [-0.15, -0.1) is 0 Å². The third-order valence-corrected chi connectivity index (χ3v) is 4.35. The zero-order chi connectivity index (χ0) is 16.6. The first kappa shape index (κ1) is 15.7.